The summed E-state index contributed by atoms with van der Waals surface area (Å²) < 4.78 is 0.240. The van der Waals surface area contributed by atoms with Crippen LogP contribution in [0.15, 0.2) is 10.5 Å². The third-order valence-corrected chi connectivity index (χ3v) is 1.59. The minimum Gasteiger partial charge on any atom is -0.486 e. The van der Waals surface area contributed by atoms with Crippen molar-refractivity contribution in [2.24, 2.45) is 0 Å². The van der Waals surface area contributed by atoms with Gasteiger partial charge >= 0.3 is 5.97 Å². The fraction of sp³-hybridized carbons (Fsp3) is 0. The molecule has 1 heterocycles. The molecule has 1 radical (unpaired) electrons. The molecule has 0 atom stereocenters. The van der Waals surface area contributed by atoms with Crippen LogP contribution >= 0.6 is 15.9 Å². The Hall–Kier alpha value is -0.396. The first-order valence-electron chi connectivity index (χ1n) is 2.98. The molecule has 1 aromatic rings. The molecule has 6 nitrogen and oxygen atoms in total. The molecule has 1 aromatic heterocycles. The van der Waals surface area contributed by atoms with Crippen molar-refractivity contribution in [1.29, 1.82) is 0 Å². The fourth-order valence-electron chi connectivity index (χ4n) is 0.684. The van der Waals surface area contributed by atoms with E-state index in [1.54, 1.807) is 0 Å². The monoisotopic (exact) mass is 334 g/mol. The van der Waals surface area contributed by atoms with Gasteiger partial charge in [0.2, 0.25) is 0 Å². The van der Waals surface area contributed by atoms with Crippen LogP contribution in [0.2, 0.25) is 0 Å². The third-order valence-electron chi connectivity index (χ3n) is 1.18. The van der Waals surface area contributed by atoms with Gasteiger partial charge in [0, 0.05) is 37.6 Å². The average Bonchev–Trinajstić information content (AvgIpc) is 2.03. The van der Waals surface area contributed by atoms with Crippen LogP contribution in [0, 0.1) is 16.3 Å². The quantitative estimate of drug-likeness (QED) is 0.499. The minimum atomic E-state index is -1.45. The molecule has 0 aliphatic heterocycles. The minimum absolute atomic E-state index is 0. The van der Waals surface area contributed by atoms with Crippen LogP contribution in [0.1, 0.15) is 10.5 Å². The molecule has 0 bridgehead atoms. The second-order valence-electron chi connectivity index (χ2n) is 2.01. The van der Waals surface area contributed by atoms with Gasteiger partial charge in [-0.25, -0.2) is 0 Å². The summed E-state index contributed by atoms with van der Waals surface area (Å²) in [5.41, 5.74) is -1.17. The Morgan fingerprint density at radius 3 is 2.71 bits per heavy atom. The number of carbonyl (C=O) groups is 1. The number of hydrogen-bond donors (Lipinski definition) is 1. The van der Waals surface area contributed by atoms with E-state index in [4.69, 9.17) is 5.11 Å². The molecular weight excluding hydrogens is 333 g/mol. The number of aromatic nitrogens is 1. The van der Waals surface area contributed by atoms with Crippen molar-refractivity contribution in [2.45, 2.75) is 0 Å². The largest absolute Gasteiger partial charge is 0.486 e. The Balaban J connectivity index is 0.00000169. The van der Waals surface area contributed by atoms with Crippen molar-refractivity contribution in [2.75, 3.05) is 0 Å². The maximum absolute atomic E-state index is 10.4. The van der Waals surface area contributed by atoms with E-state index in [-0.39, 0.29) is 37.2 Å². The number of hydrogen-bond acceptors (Lipinski definition) is 4. The Labute approximate surface area is 112 Å². The zero-order chi connectivity index (χ0) is 10.0. The average molecular weight is 335 g/mol. The zero-order valence-electron chi connectivity index (χ0n) is 6.60. The first kappa shape index (κ1) is 13.6. The van der Waals surface area contributed by atoms with E-state index in [1.807, 2.05) is 0 Å². The van der Waals surface area contributed by atoms with Gasteiger partial charge in [0.25, 0.3) is 0 Å². The molecule has 0 aliphatic rings. The number of nitrogens with zero attached hydrogens (tertiary/aromatic N) is 2. The van der Waals surface area contributed by atoms with Gasteiger partial charge in [-0.3, -0.25) is 14.9 Å². The van der Waals surface area contributed by atoms with Crippen LogP contribution in [0.5, 0.6) is 0 Å². The Morgan fingerprint density at radius 1 is 1.71 bits per heavy atom. The summed E-state index contributed by atoms with van der Waals surface area (Å²) in [4.78, 5) is 23.3. The smallest absolute Gasteiger partial charge is 0.303 e. The number of aromatic carboxylic acids is 1. The predicted octanol–water partition coefficient (Wildman–Crippen LogP) is 1.25. The van der Waals surface area contributed by atoms with Gasteiger partial charge in [0.15, 0.2) is 5.69 Å². The van der Waals surface area contributed by atoms with Crippen molar-refractivity contribution in [3.05, 3.63) is 32.5 Å². The molecule has 1 rings (SSSR count). The molecule has 0 saturated carbocycles. The van der Waals surface area contributed by atoms with Crippen molar-refractivity contribution in [3.63, 3.8) is 0 Å². The second kappa shape index (κ2) is 5.48. The third kappa shape index (κ3) is 3.07. The fourth-order valence-corrected chi connectivity index (χ4v) is 0.989. The van der Waals surface area contributed by atoms with Gasteiger partial charge in [-0.1, -0.05) is 32.7 Å². The molecule has 0 spiro atoms. The van der Waals surface area contributed by atoms with Crippen molar-refractivity contribution < 1.29 is 47.5 Å². The molecule has 14 heavy (non-hydrogen) atoms. The van der Waals surface area contributed by atoms with Crippen LogP contribution in [0.25, 0.3) is 0 Å². The van der Waals surface area contributed by atoms with Gasteiger partial charge in [0.05, 0.1) is 0 Å². The Kier molecular flexibility index (Phi) is 5.32. The van der Waals surface area contributed by atoms with E-state index < -0.39 is 22.3 Å². The van der Waals surface area contributed by atoms with Gasteiger partial charge in [-0.15, -0.1) is 0 Å². The van der Waals surface area contributed by atoms with E-state index in [2.05, 4.69) is 27.1 Å². The number of rotatable bonds is 2. The number of pyridine rings is 1. The topological polar surface area (TPSA) is 93.3 Å². The maximum atomic E-state index is 10.4. The molecule has 0 fully saturated rings. The van der Waals surface area contributed by atoms with Gasteiger partial charge in [0.1, 0.15) is 5.69 Å². The summed E-state index contributed by atoms with van der Waals surface area (Å²) in [6, 6.07) is 1.04. The van der Waals surface area contributed by atoms with Crippen LogP contribution in [-0.4, -0.2) is 21.0 Å². The molecule has 0 aromatic carbocycles. The summed E-state index contributed by atoms with van der Waals surface area (Å²) in [5.74, 6) is -1.45. The van der Waals surface area contributed by atoms with Crippen LogP contribution in [0.4, 0.5) is 5.69 Å². The standard InChI is InChI=1S/C6H2BrN2O4.Y/c7-3-1-4(9(12)13)5(6(10)11)8-2-3;/h1H,(H,10,11);/q-1;. The number of carboxylic acid groups (broad SMARTS) is 1. The van der Waals surface area contributed by atoms with E-state index in [9.17, 15) is 14.9 Å². The molecule has 1 N–H and O–H groups in total. The summed E-state index contributed by atoms with van der Waals surface area (Å²) >= 11 is 2.90. The summed E-state index contributed by atoms with van der Waals surface area (Å²) in [7, 11) is 0. The molecule has 0 amide bonds. The molecule has 0 aliphatic carbocycles. The number of nitro groups is 1. The zero-order valence-corrected chi connectivity index (χ0v) is 11.0. The molecular formula is C6H2BrN2O4Y-. The normalized spacial score (nSPS) is 8.93. The molecule has 71 valence electrons. The van der Waals surface area contributed by atoms with E-state index >= 15 is 0 Å². The SMILES string of the molecule is O=C(O)c1n[c-]c(Br)cc1[N+](=O)[O-].[Y]. The summed E-state index contributed by atoms with van der Waals surface area (Å²) in [5, 5.41) is 18.8. The Bertz CT molecular complexity index is 384. The molecule has 0 saturated heterocycles. The van der Waals surface area contributed by atoms with Crippen molar-refractivity contribution >= 4 is 27.6 Å². The number of halogens is 1. The first-order chi connectivity index (χ1) is 6.02. The van der Waals surface area contributed by atoms with E-state index in [0.717, 1.165) is 6.07 Å². The molecule has 8 heteroatoms. The first-order valence-corrected chi connectivity index (χ1v) is 3.77. The second-order valence-corrected chi connectivity index (χ2v) is 2.87. The van der Waals surface area contributed by atoms with Crippen LogP contribution in [0.3, 0.4) is 0 Å². The summed E-state index contributed by atoms with van der Waals surface area (Å²) in [6.07, 6.45) is 2.26. The Morgan fingerprint density at radius 2 is 2.29 bits per heavy atom. The molecule has 0 unspecified atom stereocenters. The van der Waals surface area contributed by atoms with Gasteiger partial charge in [-0.05, 0) is 0 Å². The van der Waals surface area contributed by atoms with Crippen molar-refractivity contribution in [3.8, 4) is 0 Å². The van der Waals surface area contributed by atoms with E-state index in [0.29, 0.717) is 0 Å². The van der Waals surface area contributed by atoms with Gasteiger partial charge in [-0.2, -0.15) is 0 Å². The van der Waals surface area contributed by atoms with Crippen molar-refractivity contribution in [1.82, 2.24) is 4.98 Å². The predicted molar refractivity (Wildman–Crippen MR) is 44.4 cm³/mol. The number of carboxylic acids is 1. The summed E-state index contributed by atoms with van der Waals surface area (Å²) in [6.45, 7) is 0. The van der Waals surface area contributed by atoms with Crippen LogP contribution in [-0.2, 0) is 32.7 Å². The van der Waals surface area contributed by atoms with Gasteiger partial charge < -0.3 is 10.1 Å². The maximum Gasteiger partial charge on any atom is 0.303 e. The van der Waals surface area contributed by atoms with Crippen LogP contribution < -0.4 is 0 Å². The van der Waals surface area contributed by atoms with E-state index in [1.165, 1.54) is 0 Å².